The van der Waals surface area contributed by atoms with Gasteiger partial charge in [-0.2, -0.15) is 13.2 Å². The third-order valence-electron chi connectivity index (χ3n) is 4.48. The molecule has 1 saturated carbocycles. The minimum absolute atomic E-state index is 0.142. The molecule has 0 radical (unpaired) electrons. The lowest BCUT2D eigenvalue weighted by Crippen LogP contribution is -2.54. The molecule has 0 aromatic rings. The van der Waals surface area contributed by atoms with Crippen LogP contribution in [-0.4, -0.2) is 43.2 Å². The van der Waals surface area contributed by atoms with Crippen molar-refractivity contribution in [1.82, 2.24) is 10.2 Å². The van der Waals surface area contributed by atoms with Crippen molar-refractivity contribution in [1.29, 1.82) is 0 Å². The van der Waals surface area contributed by atoms with E-state index >= 15 is 0 Å². The number of rotatable bonds is 4. The summed E-state index contributed by atoms with van der Waals surface area (Å²) in [6.07, 6.45) is -1.43. The van der Waals surface area contributed by atoms with Crippen LogP contribution in [0.2, 0.25) is 0 Å². The van der Waals surface area contributed by atoms with E-state index in [0.29, 0.717) is 19.0 Å². The summed E-state index contributed by atoms with van der Waals surface area (Å²) >= 11 is 0. The van der Waals surface area contributed by atoms with Crippen LogP contribution < -0.4 is 5.32 Å². The summed E-state index contributed by atoms with van der Waals surface area (Å²) in [6, 6.07) is 0. The van der Waals surface area contributed by atoms with Gasteiger partial charge in [0.15, 0.2) is 5.41 Å². The maximum Gasteiger partial charge on any atom is 0.404 e. The second-order valence-electron chi connectivity index (χ2n) is 5.65. The molecule has 1 unspecified atom stereocenters. The maximum atomic E-state index is 13.3. The van der Waals surface area contributed by atoms with Crippen LogP contribution in [0, 0.1) is 11.3 Å². The second kappa shape index (κ2) is 5.31. The molecule has 1 heterocycles. The largest absolute Gasteiger partial charge is 0.404 e. The lowest BCUT2D eigenvalue weighted by molar-refractivity contribution is -0.222. The highest BCUT2D eigenvalue weighted by Gasteiger charge is 2.62. The van der Waals surface area contributed by atoms with Crippen LogP contribution in [0.15, 0.2) is 0 Å². The van der Waals surface area contributed by atoms with Crippen LogP contribution >= 0.6 is 0 Å². The highest BCUT2D eigenvalue weighted by molar-refractivity contribution is 5.84. The van der Waals surface area contributed by atoms with E-state index in [9.17, 15) is 18.0 Å². The van der Waals surface area contributed by atoms with Gasteiger partial charge in [-0.05, 0) is 38.6 Å². The number of carbonyl (C=O) groups is 1. The first-order valence-corrected chi connectivity index (χ1v) is 6.97. The minimum Gasteiger partial charge on any atom is -0.342 e. The molecule has 3 nitrogen and oxygen atoms in total. The Bertz CT molecular complexity index is 333. The SMILES string of the molecule is CCN(CC1CCC1)C(=O)C1(C(F)(F)F)CCNC1. The molecule has 19 heavy (non-hydrogen) atoms. The molecular weight excluding hydrogens is 257 g/mol. The number of nitrogens with zero attached hydrogens (tertiary/aromatic N) is 1. The van der Waals surface area contributed by atoms with E-state index in [1.807, 2.05) is 0 Å². The zero-order chi connectivity index (χ0) is 14.1. The van der Waals surface area contributed by atoms with E-state index in [1.54, 1.807) is 6.92 Å². The summed E-state index contributed by atoms with van der Waals surface area (Å²) in [6.45, 7) is 2.56. The van der Waals surface area contributed by atoms with Crippen LogP contribution in [0.3, 0.4) is 0 Å². The molecule has 2 rings (SSSR count). The lowest BCUT2D eigenvalue weighted by Gasteiger charge is -2.38. The smallest absolute Gasteiger partial charge is 0.342 e. The summed E-state index contributed by atoms with van der Waals surface area (Å²) in [5.41, 5.74) is -2.20. The van der Waals surface area contributed by atoms with Gasteiger partial charge in [-0.15, -0.1) is 0 Å². The molecule has 0 aromatic carbocycles. The Morgan fingerprint density at radius 1 is 1.42 bits per heavy atom. The number of halogens is 3. The molecule has 0 bridgehead atoms. The maximum absolute atomic E-state index is 13.3. The molecule has 1 aliphatic carbocycles. The Morgan fingerprint density at radius 3 is 2.47 bits per heavy atom. The van der Waals surface area contributed by atoms with E-state index in [2.05, 4.69) is 5.32 Å². The third-order valence-corrected chi connectivity index (χ3v) is 4.48. The molecule has 0 aromatic heterocycles. The quantitative estimate of drug-likeness (QED) is 0.855. The summed E-state index contributed by atoms with van der Waals surface area (Å²) < 4.78 is 39.9. The standard InChI is InChI=1S/C13H21F3N2O/c1-2-18(8-10-4-3-5-10)11(19)12(13(14,15)16)6-7-17-9-12/h10,17H,2-9H2,1H3. The van der Waals surface area contributed by atoms with E-state index < -0.39 is 17.5 Å². The molecule has 2 aliphatic rings. The van der Waals surface area contributed by atoms with Gasteiger partial charge < -0.3 is 10.2 Å². The first-order valence-electron chi connectivity index (χ1n) is 6.97. The average molecular weight is 278 g/mol. The predicted molar refractivity (Wildman–Crippen MR) is 65.6 cm³/mol. The molecular formula is C13H21F3N2O. The third kappa shape index (κ3) is 2.59. The summed E-state index contributed by atoms with van der Waals surface area (Å²) in [5, 5.41) is 2.69. The Kier molecular flexibility index (Phi) is 4.08. The Hall–Kier alpha value is -0.780. The fourth-order valence-electron chi connectivity index (χ4n) is 2.88. The number of hydrogen-bond acceptors (Lipinski definition) is 2. The predicted octanol–water partition coefficient (Wildman–Crippen LogP) is 2.18. The van der Waals surface area contributed by atoms with Crippen molar-refractivity contribution in [3.8, 4) is 0 Å². The molecule has 1 saturated heterocycles. The zero-order valence-corrected chi connectivity index (χ0v) is 11.2. The minimum atomic E-state index is -4.47. The van der Waals surface area contributed by atoms with Gasteiger partial charge in [0.1, 0.15) is 0 Å². The first kappa shape index (κ1) is 14.6. The molecule has 110 valence electrons. The highest BCUT2D eigenvalue weighted by Crippen LogP contribution is 2.44. The molecule has 1 amide bonds. The van der Waals surface area contributed by atoms with Gasteiger partial charge in [0.05, 0.1) is 0 Å². The van der Waals surface area contributed by atoms with Crippen LogP contribution in [0.5, 0.6) is 0 Å². The van der Waals surface area contributed by atoms with Gasteiger partial charge in [0.2, 0.25) is 5.91 Å². The van der Waals surface area contributed by atoms with Crippen molar-refractivity contribution in [2.45, 2.75) is 38.8 Å². The fraction of sp³-hybridized carbons (Fsp3) is 0.923. The van der Waals surface area contributed by atoms with Crippen LogP contribution in [0.25, 0.3) is 0 Å². The Labute approximate surface area is 111 Å². The number of alkyl halides is 3. The summed E-state index contributed by atoms with van der Waals surface area (Å²) in [5.74, 6) is -0.344. The second-order valence-corrected chi connectivity index (χ2v) is 5.65. The number of hydrogen-bond donors (Lipinski definition) is 1. The van der Waals surface area contributed by atoms with Gasteiger partial charge in [-0.1, -0.05) is 6.42 Å². The fourth-order valence-corrected chi connectivity index (χ4v) is 2.88. The molecule has 6 heteroatoms. The molecule has 1 atom stereocenters. The number of carbonyl (C=O) groups excluding carboxylic acids is 1. The van der Waals surface area contributed by atoms with Gasteiger partial charge in [-0.3, -0.25) is 4.79 Å². The van der Waals surface area contributed by atoms with E-state index in [1.165, 1.54) is 4.90 Å². The van der Waals surface area contributed by atoms with E-state index in [-0.39, 0.29) is 19.5 Å². The van der Waals surface area contributed by atoms with Crippen molar-refractivity contribution in [3.05, 3.63) is 0 Å². The van der Waals surface area contributed by atoms with Crippen molar-refractivity contribution in [2.24, 2.45) is 11.3 Å². The van der Waals surface area contributed by atoms with Crippen molar-refractivity contribution in [2.75, 3.05) is 26.2 Å². The molecule has 0 spiro atoms. The average Bonchev–Trinajstić information content (AvgIpc) is 2.76. The van der Waals surface area contributed by atoms with Gasteiger partial charge in [0.25, 0.3) is 0 Å². The van der Waals surface area contributed by atoms with Crippen LogP contribution in [0.1, 0.15) is 32.6 Å². The molecule has 1 N–H and O–H groups in total. The van der Waals surface area contributed by atoms with Gasteiger partial charge in [-0.25, -0.2) is 0 Å². The Morgan fingerprint density at radius 2 is 2.11 bits per heavy atom. The van der Waals surface area contributed by atoms with Crippen LogP contribution in [-0.2, 0) is 4.79 Å². The van der Waals surface area contributed by atoms with Crippen molar-refractivity contribution < 1.29 is 18.0 Å². The topological polar surface area (TPSA) is 32.3 Å². The molecule has 1 aliphatic heterocycles. The zero-order valence-electron chi connectivity index (χ0n) is 11.2. The van der Waals surface area contributed by atoms with E-state index in [0.717, 1.165) is 19.3 Å². The number of amides is 1. The highest BCUT2D eigenvalue weighted by atomic mass is 19.4. The van der Waals surface area contributed by atoms with Crippen molar-refractivity contribution in [3.63, 3.8) is 0 Å². The molecule has 2 fully saturated rings. The van der Waals surface area contributed by atoms with Crippen LogP contribution in [0.4, 0.5) is 13.2 Å². The van der Waals surface area contributed by atoms with Crippen molar-refractivity contribution >= 4 is 5.91 Å². The summed E-state index contributed by atoms with van der Waals surface area (Å²) in [4.78, 5) is 13.8. The first-order chi connectivity index (χ1) is 8.90. The Balaban J connectivity index is 2.13. The van der Waals surface area contributed by atoms with E-state index in [4.69, 9.17) is 0 Å². The monoisotopic (exact) mass is 278 g/mol. The van der Waals surface area contributed by atoms with Gasteiger partial charge in [0, 0.05) is 19.6 Å². The lowest BCUT2D eigenvalue weighted by atomic mass is 9.82. The van der Waals surface area contributed by atoms with Gasteiger partial charge >= 0.3 is 6.18 Å². The summed E-state index contributed by atoms with van der Waals surface area (Å²) in [7, 11) is 0. The number of nitrogens with one attached hydrogen (secondary N) is 1. The normalized spacial score (nSPS) is 28.2.